The average molecular weight is 277 g/mol. The molecule has 3 unspecified atom stereocenters. The van der Waals surface area contributed by atoms with E-state index in [4.69, 9.17) is 0 Å². The highest BCUT2D eigenvalue weighted by Crippen LogP contribution is 2.32. The summed E-state index contributed by atoms with van der Waals surface area (Å²) in [6.45, 7) is 5.88. The number of nitrogens with zero attached hydrogens (tertiary/aromatic N) is 2. The van der Waals surface area contributed by atoms with Crippen LogP contribution in [0.1, 0.15) is 38.5 Å². The molecule has 0 radical (unpaired) electrons. The number of rotatable bonds is 3. The maximum atomic E-state index is 12.1. The Hall–Kier alpha value is -0.610. The number of hydrogen-bond donors (Lipinski definition) is 1. The molecule has 0 aromatic rings. The van der Waals surface area contributed by atoms with Gasteiger partial charge in [0.2, 0.25) is 5.91 Å². The van der Waals surface area contributed by atoms with Gasteiger partial charge in [-0.25, -0.2) is 0 Å². The van der Waals surface area contributed by atoms with Crippen molar-refractivity contribution in [2.75, 3.05) is 32.7 Å². The summed E-state index contributed by atoms with van der Waals surface area (Å²) in [4.78, 5) is 16.8. The molecule has 0 aromatic carbocycles. The van der Waals surface area contributed by atoms with E-state index in [1.54, 1.807) is 0 Å². The average Bonchev–Trinajstić information content (AvgIpc) is 3.26. The molecule has 4 aliphatic rings. The molecule has 4 fully saturated rings. The van der Waals surface area contributed by atoms with Crippen molar-refractivity contribution in [2.24, 2.45) is 11.8 Å². The topological polar surface area (TPSA) is 35.6 Å². The molecule has 1 amide bonds. The van der Waals surface area contributed by atoms with Gasteiger partial charge < -0.3 is 15.1 Å². The van der Waals surface area contributed by atoms with E-state index in [0.29, 0.717) is 17.9 Å². The third kappa shape index (κ3) is 2.60. The Morgan fingerprint density at radius 3 is 2.40 bits per heavy atom. The van der Waals surface area contributed by atoms with E-state index in [-0.39, 0.29) is 0 Å². The number of piperidine rings is 2. The standard InChI is InChI=1S/C16H27N3O/c20-16(12-1-2-12)19-9-4-14(5-10-19)17-15-6-8-18-7-3-13(15)11-18/h12-15,17H,1-11H2. The summed E-state index contributed by atoms with van der Waals surface area (Å²) in [6.07, 6.45) is 7.30. The first-order valence-electron chi connectivity index (χ1n) is 8.57. The molecule has 20 heavy (non-hydrogen) atoms. The summed E-state index contributed by atoms with van der Waals surface area (Å²) in [5.41, 5.74) is 0. The minimum atomic E-state index is 0.391. The number of likely N-dealkylation sites (tertiary alicyclic amines) is 1. The Bertz CT molecular complexity index is 374. The van der Waals surface area contributed by atoms with E-state index >= 15 is 0 Å². The zero-order chi connectivity index (χ0) is 13.5. The minimum absolute atomic E-state index is 0.391. The van der Waals surface area contributed by atoms with Crippen LogP contribution in [0.4, 0.5) is 0 Å². The maximum Gasteiger partial charge on any atom is 0.225 e. The van der Waals surface area contributed by atoms with Gasteiger partial charge in [-0.05, 0) is 57.5 Å². The first-order valence-corrected chi connectivity index (χ1v) is 8.57. The SMILES string of the molecule is O=C(C1CC1)N1CCC(NC2CCN3CCC2C3)CC1. The van der Waals surface area contributed by atoms with Crippen molar-refractivity contribution in [3.05, 3.63) is 0 Å². The van der Waals surface area contributed by atoms with Crippen molar-refractivity contribution >= 4 is 5.91 Å². The summed E-state index contributed by atoms with van der Waals surface area (Å²) in [5, 5.41) is 3.93. The number of carbonyl (C=O) groups is 1. The lowest BCUT2D eigenvalue weighted by Gasteiger charge is -2.38. The fraction of sp³-hybridized carbons (Fsp3) is 0.938. The van der Waals surface area contributed by atoms with Crippen molar-refractivity contribution in [1.82, 2.24) is 15.1 Å². The van der Waals surface area contributed by atoms with Gasteiger partial charge in [0.05, 0.1) is 0 Å². The first-order chi connectivity index (χ1) is 9.79. The minimum Gasteiger partial charge on any atom is -0.342 e. The van der Waals surface area contributed by atoms with Gasteiger partial charge in [0.15, 0.2) is 0 Å². The Kier molecular flexibility index (Phi) is 3.47. The Balaban J connectivity index is 1.26. The molecule has 3 saturated heterocycles. The fourth-order valence-corrected chi connectivity index (χ4v) is 4.33. The molecule has 3 atom stereocenters. The fourth-order valence-electron chi connectivity index (χ4n) is 4.33. The highest BCUT2D eigenvalue weighted by molar-refractivity contribution is 5.81. The normalized spacial score (nSPS) is 38.2. The number of amides is 1. The largest absolute Gasteiger partial charge is 0.342 e. The lowest BCUT2D eigenvalue weighted by Crippen LogP contribution is -2.52. The lowest BCUT2D eigenvalue weighted by atomic mass is 9.92. The third-order valence-corrected chi connectivity index (χ3v) is 5.82. The van der Waals surface area contributed by atoms with Crippen LogP contribution in [0.15, 0.2) is 0 Å². The molecule has 112 valence electrons. The van der Waals surface area contributed by atoms with Crippen LogP contribution in [0.2, 0.25) is 0 Å². The Labute approximate surface area is 121 Å². The van der Waals surface area contributed by atoms with Gasteiger partial charge in [0.25, 0.3) is 0 Å². The quantitative estimate of drug-likeness (QED) is 0.838. The Morgan fingerprint density at radius 2 is 1.65 bits per heavy atom. The van der Waals surface area contributed by atoms with Crippen LogP contribution in [-0.4, -0.2) is 60.5 Å². The van der Waals surface area contributed by atoms with E-state index < -0.39 is 0 Å². The van der Waals surface area contributed by atoms with Crippen molar-refractivity contribution < 1.29 is 4.79 Å². The highest BCUT2D eigenvalue weighted by Gasteiger charge is 2.37. The first kappa shape index (κ1) is 13.1. The van der Waals surface area contributed by atoms with Gasteiger partial charge in [-0.2, -0.15) is 0 Å². The molecule has 1 N–H and O–H groups in total. The van der Waals surface area contributed by atoms with Gasteiger partial charge in [-0.3, -0.25) is 4.79 Å². The van der Waals surface area contributed by atoms with E-state index in [2.05, 4.69) is 15.1 Å². The molecule has 4 rings (SSSR count). The van der Waals surface area contributed by atoms with Crippen molar-refractivity contribution in [1.29, 1.82) is 0 Å². The third-order valence-electron chi connectivity index (χ3n) is 5.82. The number of carbonyl (C=O) groups excluding carboxylic acids is 1. The number of fused-ring (bicyclic) bond motifs is 2. The van der Waals surface area contributed by atoms with Crippen LogP contribution in [-0.2, 0) is 4.79 Å². The van der Waals surface area contributed by atoms with Gasteiger partial charge in [0, 0.05) is 37.6 Å². The van der Waals surface area contributed by atoms with E-state index in [9.17, 15) is 4.79 Å². The summed E-state index contributed by atoms with van der Waals surface area (Å²) < 4.78 is 0. The van der Waals surface area contributed by atoms with E-state index in [0.717, 1.165) is 50.7 Å². The van der Waals surface area contributed by atoms with Gasteiger partial charge in [0.1, 0.15) is 0 Å². The second-order valence-electron chi connectivity index (χ2n) is 7.29. The monoisotopic (exact) mass is 277 g/mol. The van der Waals surface area contributed by atoms with Crippen LogP contribution < -0.4 is 5.32 Å². The lowest BCUT2D eigenvalue weighted by molar-refractivity contribution is -0.133. The van der Waals surface area contributed by atoms with Gasteiger partial charge in [-0.15, -0.1) is 0 Å². The van der Waals surface area contributed by atoms with E-state index in [1.807, 2.05) is 0 Å². The van der Waals surface area contributed by atoms with Crippen LogP contribution >= 0.6 is 0 Å². The second kappa shape index (κ2) is 5.30. The molecule has 2 bridgehead atoms. The molecular weight excluding hydrogens is 250 g/mol. The summed E-state index contributed by atoms with van der Waals surface area (Å²) in [7, 11) is 0. The molecule has 3 aliphatic heterocycles. The zero-order valence-corrected chi connectivity index (χ0v) is 12.4. The molecule has 1 saturated carbocycles. The maximum absolute atomic E-state index is 12.1. The molecule has 1 aliphatic carbocycles. The predicted molar refractivity (Wildman–Crippen MR) is 78.4 cm³/mol. The Morgan fingerprint density at radius 1 is 0.900 bits per heavy atom. The molecule has 0 spiro atoms. The van der Waals surface area contributed by atoms with E-state index in [1.165, 1.54) is 32.5 Å². The summed E-state index contributed by atoms with van der Waals surface area (Å²) in [6, 6.07) is 1.39. The summed E-state index contributed by atoms with van der Waals surface area (Å²) >= 11 is 0. The zero-order valence-electron chi connectivity index (χ0n) is 12.4. The molecule has 3 heterocycles. The van der Waals surface area contributed by atoms with Crippen LogP contribution in [0.25, 0.3) is 0 Å². The van der Waals surface area contributed by atoms with Crippen molar-refractivity contribution in [2.45, 2.75) is 50.6 Å². The van der Waals surface area contributed by atoms with Gasteiger partial charge in [-0.1, -0.05) is 0 Å². The van der Waals surface area contributed by atoms with Crippen LogP contribution in [0, 0.1) is 11.8 Å². The smallest absolute Gasteiger partial charge is 0.225 e. The molecular formula is C16H27N3O. The van der Waals surface area contributed by atoms with Crippen LogP contribution in [0.5, 0.6) is 0 Å². The molecule has 4 nitrogen and oxygen atoms in total. The van der Waals surface area contributed by atoms with Crippen LogP contribution in [0.3, 0.4) is 0 Å². The number of nitrogens with one attached hydrogen (secondary N) is 1. The van der Waals surface area contributed by atoms with Crippen molar-refractivity contribution in [3.63, 3.8) is 0 Å². The second-order valence-corrected chi connectivity index (χ2v) is 7.29. The summed E-state index contributed by atoms with van der Waals surface area (Å²) in [5.74, 6) is 1.71. The number of hydrogen-bond acceptors (Lipinski definition) is 3. The van der Waals surface area contributed by atoms with Crippen molar-refractivity contribution in [3.8, 4) is 0 Å². The highest BCUT2D eigenvalue weighted by atomic mass is 16.2. The molecule has 0 aromatic heterocycles. The predicted octanol–water partition coefficient (Wildman–Crippen LogP) is 1.07. The van der Waals surface area contributed by atoms with Gasteiger partial charge >= 0.3 is 0 Å². The molecule has 4 heteroatoms.